The van der Waals surface area contributed by atoms with Gasteiger partial charge in [0.05, 0.1) is 0 Å². The molecule has 0 bridgehead atoms. The predicted octanol–water partition coefficient (Wildman–Crippen LogP) is 2.85. The highest BCUT2D eigenvalue weighted by Gasteiger charge is 2.19. The molecule has 1 aliphatic rings. The van der Waals surface area contributed by atoms with E-state index in [2.05, 4.69) is 46.7 Å². The van der Waals surface area contributed by atoms with E-state index in [4.69, 9.17) is 4.42 Å². The van der Waals surface area contributed by atoms with Crippen molar-refractivity contribution in [2.24, 2.45) is 0 Å². The third-order valence-electron chi connectivity index (χ3n) is 3.83. The van der Waals surface area contributed by atoms with Crippen LogP contribution in [0.25, 0.3) is 0 Å². The molecule has 2 aromatic rings. The van der Waals surface area contributed by atoms with Gasteiger partial charge in [0.25, 0.3) is 0 Å². The number of rotatable bonds is 8. The van der Waals surface area contributed by atoms with Crippen molar-refractivity contribution in [2.75, 3.05) is 6.54 Å². The fourth-order valence-corrected chi connectivity index (χ4v) is 2.33. The molecule has 21 heavy (non-hydrogen) atoms. The van der Waals surface area contributed by atoms with E-state index in [9.17, 15) is 0 Å². The van der Waals surface area contributed by atoms with E-state index < -0.39 is 0 Å². The molecule has 3 rings (SSSR count). The van der Waals surface area contributed by atoms with Gasteiger partial charge in [-0.15, -0.1) is 10.2 Å². The first kappa shape index (κ1) is 14.3. The van der Waals surface area contributed by atoms with Gasteiger partial charge in [-0.25, -0.2) is 0 Å². The summed E-state index contributed by atoms with van der Waals surface area (Å²) in [5.74, 6) is 1.52. The van der Waals surface area contributed by atoms with Crippen LogP contribution in [0.1, 0.15) is 42.2 Å². The third kappa shape index (κ3) is 4.67. The zero-order valence-electron chi connectivity index (χ0n) is 12.6. The standard InChI is InChI=1S/C17H23N3O/c1-13-4-6-14(7-5-13)8-11-17-20-19-16(21-17)3-2-12-18-15-9-10-15/h4-7,15,18H,2-3,8-12H2,1H3. The molecule has 112 valence electrons. The first-order valence-corrected chi connectivity index (χ1v) is 7.90. The number of hydrogen-bond acceptors (Lipinski definition) is 4. The molecule has 1 heterocycles. The number of nitrogens with zero attached hydrogens (tertiary/aromatic N) is 2. The van der Waals surface area contributed by atoms with Crippen molar-refractivity contribution < 1.29 is 4.42 Å². The summed E-state index contributed by atoms with van der Waals surface area (Å²) in [5, 5.41) is 11.8. The van der Waals surface area contributed by atoms with E-state index in [0.717, 1.165) is 50.1 Å². The van der Waals surface area contributed by atoms with Crippen LogP contribution in [0.2, 0.25) is 0 Å². The summed E-state index contributed by atoms with van der Waals surface area (Å²) in [5.41, 5.74) is 2.60. The molecule has 1 aliphatic carbocycles. The molecular weight excluding hydrogens is 262 g/mol. The summed E-state index contributed by atoms with van der Waals surface area (Å²) in [6.07, 6.45) is 6.38. The van der Waals surface area contributed by atoms with Gasteiger partial charge < -0.3 is 9.73 Å². The van der Waals surface area contributed by atoms with Crippen LogP contribution in [-0.4, -0.2) is 22.8 Å². The molecule has 4 nitrogen and oxygen atoms in total. The molecule has 1 aromatic heterocycles. The molecule has 1 aromatic carbocycles. The lowest BCUT2D eigenvalue weighted by Crippen LogP contribution is -2.17. The number of benzene rings is 1. The molecule has 1 fully saturated rings. The Morgan fingerprint density at radius 1 is 1.05 bits per heavy atom. The maximum atomic E-state index is 5.70. The van der Waals surface area contributed by atoms with E-state index in [1.807, 2.05) is 0 Å². The van der Waals surface area contributed by atoms with Gasteiger partial charge in [-0.1, -0.05) is 29.8 Å². The Labute approximate surface area is 126 Å². The lowest BCUT2D eigenvalue weighted by atomic mass is 10.1. The second-order valence-electron chi connectivity index (χ2n) is 5.91. The minimum atomic E-state index is 0.751. The molecule has 0 aliphatic heterocycles. The van der Waals surface area contributed by atoms with Crippen molar-refractivity contribution in [3.8, 4) is 0 Å². The number of nitrogens with one attached hydrogen (secondary N) is 1. The van der Waals surface area contributed by atoms with Crippen LogP contribution in [0.4, 0.5) is 0 Å². The zero-order valence-corrected chi connectivity index (χ0v) is 12.6. The summed E-state index contributed by atoms with van der Waals surface area (Å²) in [4.78, 5) is 0. The molecule has 0 atom stereocenters. The van der Waals surface area contributed by atoms with Gasteiger partial charge in [0, 0.05) is 18.9 Å². The first-order valence-electron chi connectivity index (χ1n) is 7.90. The van der Waals surface area contributed by atoms with E-state index in [-0.39, 0.29) is 0 Å². The lowest BCUT2D eigenvalue weighted by Gasteiger charge is -2.00. The minimum Gasteiger partial charge on any atom is -0.425 e. The number of aryl methyl sites for hydroxylation is 4. The second kappa shape index (κ2) is 6.85. The number of hydrogen-bond donors (Lipinski definition) is 1. The van der Waals surface area contributed by atoms with Crippen LogP contribution < -0.4 is 5.32 Å². The van der Waals surface area contributed by atoms with E-state index >= 15 is 0 Å². The third-order valence-corrected chi connectivity index (χ3v) is 3.83. The molecule has 1 saturated carbocycles. The Morgan fingerprint density at radius 3 is 2.48 bits per heavy atom. The maximum absolute atomic E-state index is 5.70. The summed E-state index contributed by atoms with van der Waals surface area (Å²) in [7, 11) is 0. The normalized spacial score (nSPS) is 14.5. The predicted molar refractivity (Wildman–Crippen MR) is 82.2 cm³/mol. The van der Waals surface area contributed by atoms with E-state index in [1.165, 1.54) is 24.0 Å². The highest BCUT2D eigenvalue weighted by atomic mass is 16.4. The highest BCUT2D eigenvalue weighted by molar-refractivity contribution is 5.21. The average molecular weight is 285 g/mol. The summed E-state index contributed by atoms with van der Waals surface area (Å²) in [6.45, 7) is 3.15. The summed E-state index contributed by atoms with van der Waals surface area (Å²) >= 11 is 0. The van der Waals surface area contributed by atoms with Crippen LogP contribution in [0, 0.1) is 6.92 Å². The van der Waals surface area contributed by atoms with Gasteiger partial charge in [0.1, 0.15) is 0 Å². The molecule has 0 spiro atoms. The molecule has 1 N–H and O–H groups in total. The Balaban J connectivity index is 1.40. The monoisotopic (exact) mass is 285 g/mol. The second-order valence-corrected chi connectivity index (χ2v) is 5.91. The van der Waals surface area contributed by atoms with Crippen molar-refractivity contribution >= 4 is 0 Å². The largest absolute Gasteiger partial charge is 0.425 e. The van der Waals surface area contributed by atoms with Gasteiger partial charge >= 0.3 is 0 Å². The van der Waals surface area contributed by atoms with Gasteiger partial charge in [0.2, 0.25) is 11.8 Å². The van der Waals surface area contributed by atoms with Crippen LogP contribution in [0.3, 0.4) is 0 Å². The molecular formula is C17H23N3O. The van der Waals surface area contributed by atoms with Crippen molar-refractivity contribution in [3.05, 3.63) is 47.2 Å². The zero-order chi connectivity index (χ0) is 14.5. The Morgan fingerprint density at radius 2 is 1.76 bits per heavy atom. The number of aromatic nitrogens is 2. The Hall–Kier alpha value is -1.68. The quantitative estimate of drug-likeness (QED) is 0.758. The van der Waals surface area contributed by atoms with Crippen LogP contribution in [-0.2, 0) is 19.3 Å². The van der Waals surface area contributed by atoms with Crippen molar-refractivity contribution in [1.82, 2.24) is 15.5 Å². The SMILES string of the molecule is Cc1ccc(CCc2nnc(CCCNC3CC3)o2)cc1. The Kier molecular flexibility index (Phi) is 4.65. The van der Waals surface area contributed by atoms with E-state index in [1.54, 1.807) is 0 Å². The summed E-state index contributed by atoms with van der Waals surface area (Å²) in [6, 6.07) is 9.38. The smallest absolute Gasteiger partial charge is 0.216 e. The van der Waals surface area contributed by atoms with Crippen molar-refractivity contribution in [3.63, 3.8) is 0 Å². The first-order chi connectivity index (χ1) is 10.3. The van der Waals surface area contributed by atoms with Crippen LogP contribution in [0.5, 0.6) is 0 Å². The molecule has 4 heteroatoms. The van der Waals surface area contributed by atoms with Crippen LogP contribution >= 0.6 is 0 Å². The van der Waals surface area contributed by atoms with Gasteiger partial charge in [-0.05, 0) is 44.7 Å². The maximum Gasteiger partial charge on any atom is 0.216 e. The molecule has 0 unspecified atom stereocenters. The van der Waals surface area contributed by atoms with Gasteiger partial charge in [0.15, 0.2) is 0 Å². The fourth-order valence-electron chi connectivity index (χ4n) is 2.33. The van der Waals surface area contributed by atoms with Gasteiger partial charge in [-0.3, -0.25) is 0 Å². The summed E-state index contributed by atoms with van der Waals surface area (Å²) < 4.78 is 5.70. The lowest BCUT2D eigenvalue weighted by molar-refractivity contribution is 0.441. The van der Waals surface area contributed by atoms with Gasteiger partial charge in [-0.2, -0.15) is 0 Å². The average Bonchev–Trinajstić information content (AvgIpc) is 3.21. The Bertz CT molecular complexity index is 558. The molecule has 0 saturated heterocycles. The van der Waals surface area contributed by atoms with Crippen molar-refractivity contribution in [2.45, 2.75) is 51.5 Å². The van der Waals surface area contributed by atoms with E-state index in [0.29, 0.717) is 0 Å². The van der Waals surface area contributed by atoms with Crippen LogP contribution in [0.15, 0.2) is 28.7 Å². The topological polar surface area (TPSA) is 51.0 Å². The highest BCUT2D eigenvalue weighted by Crippen LogP contribution is 2.18. The molecule has 0 amide bonds. The minimum absolute atomic E-state index is 0.751. The van der Waals surface area contributed by atoms with Crippen molar-refractivity contribution in [1.29, 1.82) is 0 Å². The fraction of sp³-hybridized carbons (Fsp3) is 0.529. The molecule has 0 radical (unpaired) electrons.